The molecular weight excluding hydrogens is 370 g/mol. The van der Waals surface area contributed by atoms with E-state index >= 15 is 0 Å². The number of thiol groups is 1. The summed E-state index contributed by atoms with van der Waals surface area (Å²) in [4.78, 5) is 15.9. The zero-order valence-electron chi connectivity index (χ0n) is 13.9. The van der Waals surface area contributed by atoms with Crippen molar-refractivity contribution in [3.63, 3.8) is 0 Å². The number of nitrogens with zero attached hydrogens (tertiary/aromatic N) is 1. The summed E-state index contributed by atoms with van der Waals surface area (Å²) in [6.07, 6.45) is 0.368. The maximum absolute atomic E-state index is 12.4. The number of thiophene rings is 1. The summed E-state index contributed by atoms with van der Waals surface area (Å²) in [5, 5.41) is 5.02. The molecule has 1 aliphatic heterocycles. The van der Waals surface area contributed by atoms with Gasteiger partial charge in [-0.3, -0.25) is 4.90 Å². The molecule has 1 aliphatic rings. The molecule has 0 spiro atoms. The van der Waals surface area contributed by atoms with Crippen LogP contribution < -0.4 is 9.86 Å². The molecule has 24 heavy (non-hydrogen) atoms. The van der Waals surface area contributed by atoms with Crippen molar-refractivity contribution in [2.45, 2.75) is 50.6 Å². The zero-order valence-corrected chi connectivity index (χ0v) is 16.4. The van der Waals surface area contributed by atoms with Crippen molar-refractivity contribution < 1.29 is 17.9 Å². The number of hydrogen-bond acceptors (Lipinski definition) is 6. The van der Waals surface area contributed by atoms with Gasteiger partial charge in [-0.1, -0.05) is 0 Å². The summed E-state index contributed by atoms with van der Waals surface area (Å²) in [5.74, 6) is 0. The molecule has 1 amide bonds. The summed E-state index contributed by atoms with van der Waals surface area (Å²) < 4.78 is 29.7. The maximum Gasteiger partial charge on any atom is 0.410 e. The lowest BCUT2D eigenvalue weighted by Gasteiger charge is -2.28. The van der Waals surface area contributed by atoms with Gasteiger partial charge in [0.15, 0.2) is 0 Å². The smallest absolute Gasteiger partial charge is 0.410 e. The molecule has 1 aromatic rings. The van der Waals surface area contributed by atoms with E-state index in [2.05, 4.69) is 17.4 Å². The molecule has 0 bridgehead atoms. The summed E-state index contributed by atoms with van der Waals surface area (Å²) in [7, 11) is -3.73. The van der Waals surface area contributed by atoms with Crippen LogP contribution in [-0.2, 0) is 21.5 Å². The number of likely N-dealkylation sites (tertiary alicyclic amines) is 1. The van der Waals surface area contributed by atoms with Gasteiger partial charge < -0.3 is 4.74 Å². The first-order valence-electron chi connectivity index (χ1n) is 7.48. The van der Waals surface area contributed by atoms with Crippen LogP contribution in [0, 0.1) is 0 Å². The molecule has 2 atom stereocenters. The monoisotopic (exact) mass is 393 g/mol. The van der Waals surface area contributed by atoms with Crippen LogP contribution in [0.4, 0.5) is 4.79 Å². The standard InChI is InChI=1S/C14H23N3O4S3/c1-14(2,3)21-13(18)17-8-9(22)6-11(17)12-5-4-10(23-12)7-16-24(15,19)20/h4-5,9,11,16,22H,6-8H2,1-3H3,(H2,15,19,20)/t9-,11?/m0/s1. The van der Waals surface area contributed by atoms with E-state index in [-0.39, 0.29) is 23.9 Å². The number of nitrogens with one attached hydrogen (secondary N) is 1. The second-order valence-corrected chi connectivity index (χ2v) is 10.0. The van der Waals surface area contributed by atoms with E-state index in [0.717, 1.165) is 16.2 Å². The van der Waals surface area contributed by atoms with E-state index in [9.17, 15) is 13.2 Å². The Morgan fingerprint density at radius 2 is 2.17 bits per heavy atom. The Morgan fingerprint density at radius 1 is 1.50 bits per heavy atom. The highest BCUT2D eigenvalue weighted by molar-refractivity contribution is 7.87. The van der Waals surface area contributed by atoms with E-state index < -0.39 is 15.8 Å². The van der Waals surface area contributed by atoms with Crippen molar-refractivity contribution in [3.05, 3.63) is 21.9 Å². The lowest BCUT2D eigenvalue weighted by Crippen LogP contribution is -2.36. The van der Waals surface area contributed by atoms with Gasteiger partial charge in [0.25, 0.3) is 10.2 Å². The van der Waals surface area contributed by atoms with Gasteiger partial charge in [0, 0.05) is 28.1 Å². The second-order valence-electron chi connectivity index (χ2n) is 6.71. The van der Waals surface area contributed by atoms with Crippen LogP contribution in [0.15, 0.2) is 12.1 Å². The van der Waals surface area contributed by atoms with Gasteiger partial charge >= 0.3 is 6.09 Å². The first-order chi connectivity index (χ1) is 10.9. The highest BCUT2D eigenvalue weighted by Crippen LogP contribution is 2.38. The number of carbonyl (C=O) groups is 1. The van der Waals surface area contributed by atoms with Gasteiger partial charge in [0.1, 0.15) is 5.60 Å². The molecule has 2 heterocycles. The fourth-order valence-electron chi connectivity index (χ4n) is 2.45. The molecule has 2 rings (SSSR count). The van der Waals surface area contributed by atoms with Crippen LogP contribution in [0.25, 0.3) is 0 Å². The lowest BCUT2D eigenvalue weighted by atomic mass is 10.2. The molecular formula is C14H23N3O4S3. The van der Waals surface area contributed by atoms with Crippen molar-refractivity contribution >= 4 is 40.3 Å². The minimum absolute atomic E-state index is 0.0793. The SMILES string of the molecule is CC(C)(C)OC(=O)N1C[C@@H](S)CC1c1ccc(CNS(N)(=O)=O)s1. The van der Waals surface area contributed by atoms with E-state index in [1.807, 2.05) is 32.9 Å². The zero-order chi connectivity index (χ0) is 18.1. The van der Waals surface area contributed by atoms with Gasteiger partial charge in [-0.2, -0.15) is 25.8 Å². The summed E-state index contributed by atoms with van der Waals surface area (Å²) >= 11 is 5.95. The third-order valence-corrected chi connectivity index (χ3v) is 5.47. The van der Waals surface area contributed by atoms with E-state index in [4.69, 9.17) is 9.88 Å². The Bertz CT molecular complexity index is 696. The molecule has 0 radical (unpaired) electrons. The Hall–Kier alpha value is -0.810. The maximum atomic E-state index is 12.4. The summed E-state index contributed by atoms with van der Waals surface area (Å²) in [5.41, 5.74) is -0.559. The van der Waals surface area contributed by atoms with Crippen molar-refractivity contribution in [2.24, 2.45) is 5.14 Å². The number of carbonyl (C=O) groups excluding carboxylic acids is 1. The Balaban J connectivity index is 2.11. The number of nitrogens with two attached hydrogens (primary N) is 1. The van der Waals surface area contributed by atoms with Gasteiger partial charge in [-0.15, -0.1) is 11.3 Å². The Kier molecular flexibility index (Phi) is 5.86. The first kappa shape index (κ1) is 19.5. The normalized spacial score (nSPS) is 22.0. The van der Waals surface area contributed by atoms with E-state index in [1.165, 1.54) is 11.3 Å². The molecule has 0 saturated carbocycles. The molecule has 0 aliphatic carbocycles. The van der Waals surface area contributed by atoms with Crippen molar-refractivity contribution in [2.75, 3.05) is 6.54 Å². The van der Waals surface area contributed by atoms with E-state index in [0.29, 0.717) is 6.54 Å². The predicted molar refractivity (Wildman–Crippen MR) is 97.3 cm³/mol. The fourth-order valence-corrected chi connectivity index (χ4v) is 4.35. The molecule has 7 nitrogen and oxygen atoms in total. The predicted octanol–water partition coefficient (Wildman–Crippen LogP) is 2.02. The van der Waals surface area contributed by atoms with Crippen molar-refractivity contribution in [1.82, 2.24) is 9.62 Å². The Morgan fingerprint density at radius 3 is 2.75 bits per heavy atom. The van der Waals surface area contributed by atoms with Crippen molar-refractivity contribution in [3.8, 4) is 0 Å². The first-order valence-corrected chi connectivity index (χ1v) is 10.4. The number of rotatable bonds is 4. The largest absolute Gasteiger partial charge is 0.444 e. The van der Waals surface area contributed by atoms with E-state index in [1.54, 1.807) is 4.90 Å². The van der Waals surface area contributed by atoms with Gasteiger partial charge in [-0.25, -0.2) is 9.93 Å². The van der Waals surface area contributed by atoms with Gasteiger partial charge in [-0.05, 0) is 39.3 Å². The summed E-state index contributed by atoms with van der Waals surface area (Å²) in [6, 6.07) is 3.62. The molecule has 10 heteroatoms. The molecule has 1 saturated heterocycles. The average Bonchev–Trinajstić information content (AvgIpc) is 2.99. The topological polar surface area (TPSA) is 102 Å². The quantitative estimate of drug-likeness (QED) is 0.681. The molecule has 1 aromatic heterocycles. The fraction of sp³-hybridized carbons (Fsp3) is 0.643. The molecule has 136 valence electrons. The van der Waals surface area contributed by atoms with Crippen LogP contribution in [0.1, 0.15) is 43.0 Å². The molecule has 1 fully saturated rings. The number of hydrogen-bond donors (Lipinski definition) is 3. The van der Waals surface area contributed by atoms with Crippen LogP contribution >= 0.6 is 24.0 Å². The average molecular weight is 394 g/mol. The lowest BCUT2D eigenvalue weighted by molar-refractivity contribution is 0.0227. The highest BCUT2D eigenvalue weighted by atomic mass is 32.2. The van der Waals surface area contributed by atoms with Gasteiger partial charge in [0.2, 0.25) is 0 Å². The molecule has 0 aromatic carbocycles. The molecule has 1 unspecified atom stereocenters. The minimum atomic E-state index is -3.73. The minimum Gasteiger partial charge on any atom is -0.444 e. The highest BCUT2D eigenvalue weighted by Gasteiger charge is 2.37. The second kappa shape index (κ2) is 7.20. The van der Waals surface area contributed by atoms with Crippen LogP contribution in [0.2, 0.25) is 0 Å². The number of amides is 1. The van der Waals surface area contributed by atoms with Crippen LogP contribution in [0.3, 0.4) is 0 Å². The molecule has 3 N–H and O–H groups in total. The van der Waals surface area contributed by atoms with Crippen LogP contribution in [-0.4, -0.2) is 36.8 Å². The van der Waals surface area contributed by atoms with Crippen molar-refractivity contribution in [1.29, 1.82) is 0 Å². The van der Waals surface area contributed by atoms with Gasteiger partial charge in [0.05, 0.1) is 6.04 Å². The van der Waals surface area contributed by atoms with Crippen LogP contribution in [0.5, 0.6) is 0 Å². The third-order valence-electron chi connectivity index (χ3n) is 3.37. The Labute approximate surface area is 152 Å². The number of ether oxygens (including phenoxy) is 1. The third kappa shape index (κ3) is 5.62. The summed E-state index contributed by atoms with van der Waals surface area (Å²) in [6.45, 7) is 6.14.